The largest absolute Gasteiger partial charge is 0.497 e. The van der Waals surface area contributed by atoms with Crippen molar-refractivity contribution < 1.29 is 9.53 Å². The number of hydrogen-bond donors (Lipinski definition) is 0. The fraction of sp³-hybridized carbons (Fsp3) is 0.321. The van der Waals surface area contributed by atoms with Crippen molar-refractivity contribution in [2.24, 2.45) is 17.8 Å². The lowest BCUT2D eigenvalue weighted by molar-refractivity contribution is -0.122. The minimum Gasteiger partial charge on any atom is -0.497 e. The number of rotatable bonds is 5. The van der Waals surface area contributed by atoms with Gasteiger partial charge in [0.25, 0.3) is 0 Å². The molecule has 3 aromatic rings. The Labute approximate surface area is 199 Å². The maximum absolute atomic E-state index is 14.1. The molecule has 1 saturated heterocycles. The fourth-order valence-corrected chi connectivity index (χ4v) is 5.18. The molecule has 4 atom stereocenters. The van der Waals surface area contributed by atoms with Crippen LogP contribution in [0.2, 0.25) is 0 Å². The topological polar surface area (TPSA) is 29.5 Å². The number of methoxy groups -OCH3 is 1. The number of carbonyl (C=O) groups excluding carboxylic acids is 1. The van der Waals surface area contributed by atoms with Gasteiger partial charge in [-0.05, 0) is 71.7 Å². The third kappa shape index (κ3) is 4.75. The molecule has 0 bridgehead atoms. The van der Waals surface area contributed by atoms with Crippen LogP contribution < -0.4 is 9.64 Å². The smallest absolute Gasteiger partial charge is 0.231 e. The summed E-state index contributed by atoms with van der Waals surface area (Å²) in [6.07, 6.45) is 0.718. The molecule has 0 saturated carbocycles. The van der Waals surface area contributed by atoms with Gasteiger partial charge in [0.05, 0.1) is 7.11 Å². The molecule has 3 nitrogen and oxygen atoms in total. The first-order valence-corrected chi connectivity index (χ1v) is 12.0. The zero-order valence-corrected chi connectivity index (χ0v) is 20.5. The minimum atomic E-state index is -0.138. The van der Waals surface area contributed by atoms with Crippen LogP contribution in [-0.4, -0.2) is 19.6 Å². The second kappa shape index (κ2) is 9.91. The molecule has 0 spiro atoms. The van der Waals surface area contributed by atoms with Gasteiger partial charge in [0.2, 0.25) is 5.91 Å². The third-order valence-corrected chi connectivity index (χ3v) is 7.42. The van der Waals surface area contributed by atoms with E-state index >= 15 is 0 Å². The Bertz CT molecular complexity index is 1030. The number of ether oxygens (including phenoxy) is 1. The Hall–Kier alpha value is -2.59. The van der Waals surface area contributed by atoms with Crippen molar-refractivity contribution in [2.45, 2.75) is 26.2 Å². The van der Waals surface area contributed by atoms with Gasteiger partial charge in [-0.1, -0.05) is 72.2 Å². The predicted molar refractivity (Wildman–Crippen MR) is 134 cm³/mol. The van der Waals surface area contributed by atoms with Crippen molar-refractivity contribution in [2.75, 3.05) is 18.6 Å². The SMILES string of the molecule is COc1ccc(N2CC(C)[C@@H](C)[C@H](c3ccccc3)[C@@H](Cc3ccc(Br)cc3)C2=O)cc1. The fourth-order valence-electron chi connectivity index (χ4n) is 4.91. The Kier molecular flexibility index (Phi) is 7.00. The van der Waals surface area contributed by atoms with Crippen molar-refractivity contribution in [3.63, 3.8) is 0 Å². The molecule has 0 radical (unpaired) electrons. The van der Waals surface area contributed by atoms with Crippen molar-refractivity contribution in [3.8, 4) is 5.75 Å². The molecule has 1 amide bonds. The Balaban J connectivity index is 1.77. The van der Waals surface area contributed by atoms with E-state index in [-0.39, 0.29) is 17.7 Å². The van der Waals surface area contributed by atoms with Crippen LogP contribution in [-0.2, 0) is 11.2 Å². The highest BCUT2D eigenvalue weighted by Crippen LogP contribution is 2.43. The highest BCUT2D eigenvalue weighted by atomic mass is 79.9. The molecular weight excluding hydrogens is 462 g/mol. The van der Waals surface area contributed by atoms with Gasteiger partial charge in [-0.3, -0.25) is 4.79 Å². The van der Waals surface area contributed by atoms with Gasteiger partial charge < -0.3 is 9.64 Å². The number of anilines is 1. The van der Waals surface area contributed by atoms with E-state index in [1.54, 1.807) is 7.11 Å². The van der Waals surface area contributed by atoms with Crippen molar-refractivity contribution >= 4 is 27.5 Å². The van der Waals surface area contributed by atoms with Gasteiger partial charge in [0.15, 0.2) is 0 Å². The van der Waals surface area contributed by atoms with Gasteiger partial charge in [-0.25, -0.2) is 0 Å². The van der Waals surface area contributed by atoms with Crippen molar-refractivity contribution in [3.05, 3.63) is 94.5 Å². The van der Waals surface area contributed by atoms with Gasteiger partial charge >= 0.3 is 0 Å². The second-order valence-electron chi connectivity index (χ2n) is 8.86. The van der Waals surface area contributed by atoms with E-state index in [0.29, 0.717) is 18.4 Å². The number of carbonyl (C=O) groups is 1. The molecule has 0 aliphatic carbocycles. The standard InChI is InChI=1S/C28H30BrNO2/c1-19-18-30(24-13-15-25(32-3)16-14-24)28(31)26(17-21-9-11-23(29)12-10-21)27(20(19)2)22-7-5-4-6-8-22/h4-16,19-20,26-27H,17-18H2,1-3H3/t19?,20-,26-,27-/m1/s1. The molecule has 4 heteroatoms. The first-order chi connectivity index (χ1) is 15.5. The highest BCUT2D eigenvalue weighted by molar-refractivity contribution is 9.10. The summed E-state index contributed by atoms with van der Waals surface area (Å²) < 4.78 is 6.37. The van der Waals surface area contributed by atoms with E-state index in [2.05, 4.69) is 78.3 Å². The molecule has 1 aliphatic rings. The van der Waals surface area contributed by atoms with Crippen LogP contribution >= 0.6 is 15.9 Å². The number of amides is 1. The number of hydrogen-bond acceptors (Lipinski definition) is 2. The normalized spacial score (nSPS) is 23.6. The quantitative estimate of drug-likeness (QED) is 0.396. The molecule has 1 aliphatic heterocycles. The highest BCUT2D eigenvalue weighted by Gasteiger charge is 2.42. The summed E-state index contributed by atoms with van der Waals surface area (Å²) in [5.74, 6) is 1.74. The Morgan fingerprint density at radius 1 is 0.938 bits per heavy atom. The lowest BCUT2D eigenvalue weighted by Gasteiger charge is -2.31. The molecule has 0 aromatic heterocycles. The van der Waals surface area contributed by atoms with Crippen molar-refractivity contribution in [1.29, 1.82) is 0 Å². The van der Waals surface area contributed by atoms with E-state index < -0.39 is 0 Å². The van der Waals surface area contributed by atoms with Crippen LogP contribution in [0.15, 0.2) is 83.3 Å². The van der Waals surface area contributed by atoms with E-state index in [1.165, 1.54) is 11.1 Å². The van der Waals surface area contributed by atoms with Crippen LogP contribution in [0.1, 0.15) is 30.9 Å². The molecule has 0 N–H and O–H groups in total. The van der Waals surface area contributed by atoms with Crippen LogP contribution in [0.25, 0.3) is 0 Å². The summed E-state index contributed by atoms with van der Waals surface area (Å²) in [6, 6.07) is 26.8. The van der Waals surface area contributed by atoms with Crippen LogP contribution in [0.5, 0.6) is 5.75 Å². The first-order valence-electron chi connectivity index (χ1n) is 11.2. The van der Waals surface area contributed by atoms with Crippen LogP contribution in [0.4, 0.5) is 5.69 Å². The Morgan fingerprint density at radius 2 is 1.59 bits per heavy atom. The summed E-state index contributed by atoms with van der Waals surface area (Å²) in [4.78, 5) is 16.1. The zero-order valence-electron chi connectivity index (χ0n) is 18.9. The van der Waals surface area contributed by atoms with E-state index in [0.717, 1.165) is 22.3 Å². The molecule has 4 rings (SSSR count). The zero-order chi connectivity index (χ0) is 22.7. The second-order valence-corrected chi connectivity index (χ2v) is 9.77. The summed E-state index contributed by atoms with van der Waals surface area (Å²) in [5.41, 5.74) is 3.37. The average Bonchev–Trinajstić information content (AvgIpc) is 2.91. The number of halogens is 1. The molecule has 166 valence electrons. The van der Waals surface area contributed by atoms with Crippen molar-refractivity contribution in [1.82, 2.24) is 0 Å². The van der Waals surface area contributed by atoms with E-state index in [4.69, 9.17) is 4.74 Å². The monoisotopic (exact) mass is 491 g/mol. The first kappa shape index (κ1) is 22.6. The summed E-state index contributed by atoms with van der Waals surface area (Å²) >= 11 is 3.53. The number of nitrogens with zero attached hydrogens (tertiary/aromatic N) is 1. The molecular formula is C28H30BrNO2. The maximum Gasteiger partial charge on any atom is 0.231 e. The number of benzene rings is 3. The van der Waals surface area contributed by atoms with Gasteiger partial charge in [0.1, 0.15) is 5.75 Å². The lowest BCUT2D eigenvalue weighted by atomic mass is 9.72. The van der Waals surface area contributed by atoms with Crippen LogP contribution in [0, 0.1) is 17.8 Å². The van der Waals surface area contributed by atoms with E-state index in [9.17, 15) is 4.79 Å². The summed E-state index contributed by atoms with van der Waals surface area (Å²) in [6.45, 7) is 5.29. The average molecular weight is 492 g/mol. The van der Waals surface area contributed by atoms with E-state index in [1.807, 2.05) is 35.2 Å². The Morgan fingerprint density at radius 3 is 2.22 bits per heavy atom. The third-order valence-electron chi connectivity index (χ3n) is 6.89. The summed E-state index contributed by atoms with van der Waals surface area (Å²) in [7, 11) is 1.66. The molecule has 1 heterocycles. The maximum atomic E-state index is 14.1. The van der Waals surface area contributed by atoms with Gasteiger partial charge in [-0.15, -0.1) is 0 Å². The lowest BCUT2D eigenvalue weighted by Crippen LogP contribution is -2.38. The van der Waals surface area contributed by atoms with Gasteiger partial charge in [0, 0.05) is 22.6 Å². The molecule has 1 fully saturated rings. The van der Waals surface area contributed by atoms with Gasteiger partial charge in [-0.2, -0.15) is 0 Å². The van der Waals surface area contributed by atoms with Crippen LogP contribution in [0.3, 0.4) is 0 Å². The molecule has 32 heavy (non-hydrogen) atoms. The molecule has 1 unspecified atom stereocenters. The summed E-state index contributed by atoms with van der Waals surface area (Å²) in [5, 5.41) is 0. The molecule has 3 aromatic carbocycles. The predicted octanol–water partition coefficient (Wildman–Crippen LogP) is 6.72. The minimum absolute atomic E-state index is 0.138.